The van der Waals surface area contributed by atoms with E-state index >= 15 is 0 Å². The lowest BCUT2D eigenvalue weighted by Gasteiger charge is -2.30. The maximum Gasteiger partial charge on any atom is 0.232 e. The van der Waals surface area contributed by atoms with Gasteiger partial charge in [-0.05, 0) is 36.6 Å². The Morgan fingerprint density at radius 1 is 1.04 bits per heavy atom. The highest BCUT2D eigenvalue weighted by atomic mass is 35.5. The van der Waals surface area contributed by atoms with Crippen LogP contribution < -0.4 is 0 Å². The van der Waals surface area contributed by atoms with Crippen LogP contribution in [0.4, 0.5) is 0 Å². The van der Waals surface area contributed by atoms with Crippen molar-refractivity contribution in [3.05, 3.63) is 75.5 Å². The van der Waals surface area contributed by atoms with E-state index in [1.165, 1.54) is 6.07 Å². The normalized spacial score (nSPS) is 19.6. The molecule has 0 saturated carbocycles. The molecule has 24 heavy (non-hydrogen) atoms. The van der Waals surface area contributed by atoms with Crippen LogP contribution in [-0.2, 0) is 4.74 Å². The van der Waals surface area contributed by atoms with Crippen LogP contribution in [0.15, 0.2) is 53.8 Å². The van der Waals surface area contributed by atoms with Crippen molar-refractivity contribution in [3.8, 4) is 5.75 Å². The number of hydrogen-bond acceptors (Lipinski definition) is 4. The van der Waals surface area contributed by atoms with Crippen LogP contribution in [0, 0.1) is 0 Å². The first kappa shape index (κ1) is 15.0. The highest BCUT2D eigenvalue weighted by Crippen LogP contribution is 2.41. The van der Waals surface area contributed by atoms with Crippen molar-refractivity contribution in [2.24, 2.45) is 0 Å². The number of allylic oxidation sites excluding steroid dienone is 2. The molecule has 1 aliphatic carbocycles. The number of rotatable bonds is 1. The topological polar surface area (TPSA) is 63.6 Å². The molecular formula is C19H13ClO4. The Morgan fingerprint density at radius 3 is 2.54 bits per heavy atom. The lowest BCUT2D eigenvalue weighted by atomic mass is 9.83. The van der Waals surface area contributed by atoms with Crippen molar-refractivity contribution < 1.29 is 19.4 Å². The Balaban J connectivity index is 1.74. The van der Waals surface area contributed by atoms with Gasteiger partial charge in [0.1, 0.15) is 11.9 Å². The van der Waals surface area contributed by atoms with Crippen LogP contribution >= 0.6 is 11.6 Å². The summed E-state index contributed by atoms with van der Waals surface area (Å²) in [5.41, 5.74) is 1.56. The number of ether oxygens (including phenoxy) is 1. The number of hydrogen-bond donors (Lipinski definition) is 1. The Hall–Kier alpha value is -2.59. The van der Waals surface area contributed by atoms with Crippen LogP contribution in [0.5, 0.6) is 5.75 Å². The molecule has 120 valence electrons. The summed E-state index contributed by atoms with van der Waals surface area (Å²) in [5, 5.41) is 10.6. The van der Waals surface area contributed by atoms with Crippen molar-refractivity contribution >= 4 is 23.2 Å². The second-order valence-electron chi connectivity index (χ2n) is 5.86. The summed E-state index contributed by atoms with van der Waals surface area (Å²) in [6.07, 6.45) is 0.751. The highest BCUT2D eigenvalue weighted by Gasteiger charge is 2.39. The molecule has 0 bridgehead atoms. The number of ketones is 2. The smallest absolute Gasteiger partial charge is 0.232 e. The lowest BCUT2D eigenvalue weighted by molar-refractivity contribution is 0.0618. The summed E-state index contributed by atoms with van der Waals surface area (Å²) in [5.74, 6) is -0.823. The van der Waals surface area contributed by atoms with Crippen molar-refractivity contribution in [3.63, 3.8) is 0 Å². The predicted octanol–water partition coefficient (Wildman–Crippen LogP) is 4.23. The maximum absolute atomic E-state index is 12.7. The fraction of sp³-hybridized carbons (Fsp3) is 0.158. The molecule has 1 heterocycles. The molecule has 1 aliphatic heterocycles. The fourth-order valence-corrected chi connectivity index (χ4v) is 3.35. The van der Waals surface area contributed by atoms with Gasteiger partial charge in [-0.15, -0.1) is 0 Å². The van der Waals surface area contributed by atoms with E-state index in [0.29, 0.717) is 23.4 Å². The Morgan fingerprint density at radius 2 is 1.79 bits per heavy atom. The molecule has 1 N–H and O–H groups in total. The van der Waals surface area contributed by atoms with Gasteiger partial charge in [0.2, 0.25) is 5.78 Å². The van der Waals surface area contributed by atoms with E-state index in [4.69, 9.17) is 16.3 Å². The molecule has 4 rings (SSSR count). The first-order chi connectivity index (χ1) is 11.6. The molecule has 2 aromatic rings. The van der Waals surface area contributed by atoms with E-state index in [1.54, 1.807) is 24.3 Å². The molecule has 4 nitrogen and oxygen atoms in total. The largest absolute Gasteiger partial charge is 0.507 e. The SMILES string of the molecule is O=C1C2=C(OC(c3ccc(Cl)cc3)CC2)C(=O)c2c(O)cccc21. The minimum Gasteiger partial charge on any atom is -0.507 e. The second kappa shape index (κ2) is 5.49. The number of aromatic hydroxyl groups is 1. The maximum atomic E-state index is 12.7. The van der Waals surface area contributed by atoms with E-state index in [1.807, 2.05) is 12.1 Å². The number of carbonyl (C=O) groups excluding carboxylic acids is 2. The first-order valence-corrected chi connectivity index (χ1v) is 8.00. The van der Waals surface area contributed by atoms with Gasteiger partial charge >= 0.3 is 0 Å². The Bertz CT molecular complexity index is 896. The number of phenolic OH excluding ortho intramolecular Hbond substituents is 1. The number of halogens is 1. The van der Waals surface area contributed by atoms with Crippen molar-refractivity contribution in [1.82, 2.24) is 0 Å². The van der Waals surface area contributed by atoms with Gasteiger partial charge < -0.3 is 9.84 Å². The van der Waals surface area contributed by atoms with Crippen LogP contribution in [-0.4, -0.2) is 16.7 Å². The molecule has 0 aromatic heterocycles. The molecule has 2 aliphatic rings. The Labute approximate surface area is 143 Å². The molecule has 1 unspecified atom stereocenters. The lowest BCUT2D eigenvalue weighted by Crippen LogP contribution is -2.28. The van der Waals surface area contributed by atoms with Crippen LogP contribution in [0.25, 0.3) is 0 Å². The third-order valence-corrected chi connectivity index (χ3v) is 4.68. The minimum absolute atomic E-state index is 0.0259. The zero-order valence-electron chi connectivity index (χ0n) is 12.6. The first-order valence-electron chi connectivity index (χ1n) is 7.63. The molecule has 2 aromatic carbocycles. The Kier molecular flexibility index (Phi) is 3.43. The number of phenols is 1. The molecule has 0 saturated heterocycles. The summed E-state index contributed by atoms with van der Waals surface area (Å²) in [6, 6.07) is 11.7. The van der Waals surface area contributed by atoms with E-state index in [0.717, 1.165) is 5.56 Å². The van der Waals surface area contributed by atoms with E-state index in [2.05, 4.69) is 0 Å². The van der Waals surface area contributed by atoms with Crippen molar-refractivity contribution in [2.45, 2.75) is 18.9 Å². The summed E-state index contributed by atoms with van der Waals surface area (Å²) in [4.78, 5) is 25.4. The van der Waals surface area contributed by atoms with Gasteiger partial charge in [0.05, 0.1) is 5.56 Å². The van der Waals surface area contributed by atoms with Gasteiger partial charge in [0, 0.05) is 16.2 Å². The van der Waals surface area contributed by atoms with E-state index in [9.17, 15) is 14.7 Å². The number of Topliss-reactive ketones (excluding diaryl/α,β-unsaturated/α-hetero) is 2. The minimum atomic E-state index is -0.434. The third-order valence-electron chi connectivity index (χ3n) is 4.43. The number of fused-ring (bicyclic) bond motifs is 1. The van der Waals surface area contributed by atoms with Gasteiger partial charge in [-0.3, -0.25) is 9.59 Å². The van der Waals surface area contributed by atoms with Gasteiger partial charge in [0.25, 0.3) is 0 Å². The predicted molar refractivity (Wildman–Crippen MR) is 88.3 cm³/mol. The van der Waals surface area contributed by atoms with E-state index in [-0.39, 0.29) is 34.5 Å². The summed E-state index contributed by atoms with van der Waals surface area (Å²) >= 11 is 5.90. The zero-order valence-corrected chi connectivity index (χ0v) is 13.3. The highest BCUT2D eigenvalue weighted by molar-refractivity contribution is 6.30. The number of carbonyl (C=O) groups is 2. The van der Waals surface area contributed by atoms with Crippen LogP contribution in [0.2, 0.25) is 5.02 Å². The van der Waals surface area contributed by atoms with Crippen molar-refractivity contribution in [2.75, 3.05) is 0 Å². The van der Waals surface area contributed by atoms with E-state index < -0.39 is 5.78 Å². The van der Waals surface area contributed by atoms with Gasteiger partial charge in [-0.25, -0.2) is 0 Å². The molecule has 0 amide bonds. The van der Waals surface area contributed by atoms with Gasteiger partial charge in [-0.1, -0.05) is 35.9 Å². The summed E-state index contributed by atoms with van der Waals surface area (Å²) in [6.45, 7) is 0. The summed E-state index contributed by atoms with van der Waals surface area (Å²) in [7, 11) is 0. The fourth-order valence-electron chi connectivity index (χ4n) is 3.22. The van der Waals surface area contributed by atoms with Gasteiger partial charge in [-0.2, -0.15) is 0 Å². The van der Waals surface area contributed by atoms with Crippen LogP contribution in [0.1, 0.15) is 45.2 Å². The standard InChI is InChI=1S/C19H13ClO4/c20-11-6-4-10(5-7-11)15-9-8-13-17(22)12-2-1-3-14(21)16(12)18(23)19(13)24-15/h1-7,15,21H,8-9H2. The molecular weight excluding hydrogens is 328 g/mol. The molecule has 1 atom stereocenters. The van der Waals surface area contributed by atoms with Crippen LogP contribution in [0.3, 0.4) is 0 Å². The van der Waals surface area contributed by atoms with Gasteiger partial charge in [0.15, 0.2) is 11.5 Å². The molecule has 0 spiro atoms. The number of benzene rings is 2. The average Bonchev–Trinajstić information content (AvgIpc) is 2.60. The third kappa shape index (κ3) is 2.22. The second-order valence-corrected chi connectivity index (χ2v) is 6.30. The zero-order chi connectivity index (χ0) is 16.8. The molecule has 5 heteroatoms. The molecule has 0 radical (unpaired) electrons. The molecule has 0 fully saturated rings. The average molecular weight is 341 g/mol. The summed E-state index contributed by atoms with van der Waals surface area (Å²) < 4.78 is 5.87. The quantitative estimate of drug-likeness (QED) is 0.843. The van der Waals surface area contributed by atoms with Crippen molar-refractivity contribution in [1.29, 1.82) is 0 Å². The monoisotopic (exact) mass is 340 g/mol.